The van der Waals surface area contributed by atoms with Gasteiger partial charge in [-0.3, -0.25) is 9.69 Å². The predicted molar refractivity (Wildman–Crippen MR) is 113 cm³/mol. The molecule has 0 aliphatic carbocycles. The molecule has 2 saturated heterocycles. The Morgan fingerprint density at radius 3 is 2.36 bits per heavy atom. The molecule has 0 radical (unpaired) electrons. The van der Waals surface area contributed by atoms with Crippen molar-refractivity contribution < 1.29 is 13.2 Å². The summed E-state index contributed by atoms with van der Waals surface area (Å²) in [6.07, 6.45) is 3.90. The Labute approximate surface area is 174 Å². The summed E-state index contributed by atoms with van der Waals surface area (Å²) >= 11 is 0. The normalized spacial score (nSPS) is 23.9. The average Bonchev–Trinajstić information content (AvgIpc) is 3.04. The van der Waals surface area contributed by atoms with E-state index in [9.17, 15) is 13.2 Å². The number of amides is 1. The van der Waals surface area contributed by atoms with Gasteiger partial charge in [-0.05, 0) is 62.0 Å². The molecule has 1 atom stereocenters. The quantitative estimate of drug-likeness (QED) is 0.718. The van der Waals surface area contributed by atoms with Gasteiger partial charge in [0.2, 0.25) is 15.9 Å². The number of piperidine rings is 1. The van der Waals surface area contributed by atoms with Gasteiger partial charge in [0.25, 0.3) is 0 Å². The average molecular weight is 431 g/mol. The summed E-state index contributed by atoms with van der Waals surface area (Å²) in [5.41, 5.74) is 6.51. The highest BCUT2D eigenvalue weighted by Crippen LogP contribution is 2.28. The van der Waals surface area contributed by atoms with Crippen LogP contribution in [0.2, 0.25) is 0 Å². The summed E-state index contributed by atoms with van der Waals surface area (Å²) in [6, 6.07) is 6.45. The lowest BCUT2D eigenvalue weighted by Gasteiger charge is -2.25. The smallest absolute Gasteiger partial charge is 0.243 e. The Morgan fingerprint density at radius 2 is 1.79 bits per heavy atom. The van der Waals surface area contributed by atoms with Crippen molar-refractivity contribution in [3.8, 4) is 0 Å². The summed E-state index contributed by atoms with van der Waals surface area (Å²) in [6.45, 7) is 5.95. The second kappa shape index (κ2) is 9.54. The molecule has 2 aliphatic rings. The number of nitrogens with two attached hydrogens (primary N) is 1. The van der Waals surface area contributed by atoms with Crippen LogP contribution in [0.1, 0.15) is 32.6 Å². The summed E-state index contributed by atoms with van der Waals surface area (Å²) in [4.78, 5) is 14.7. The molecule has 1 aromatic rings. The molecule has 0 spiro atoms. The van der Waals surface area contributed by atoms with Crippen LogP contribution in [-0.2, 0) is 14.8 Å². The van der Waals surface area contributed by atoms with Crippen molar-refractivity contribution in [1.29, 1.82) is 0 Å². The second-order valence-electron chi connectivity index (χ2n) is 8.01. The molecule has 3 N–H and O–H groups in total. The number of nitrogens with zero attached hydrogens (tertiary/aromatic N) is 2. The van der Waals surface area contributed by atoms with Crippen LogP contribution in [0.15, 0.2) is 29.2 Å². The van der Waals surface area contributed by atoms with Crippen molar-refractivity contribution in [2.75, 3.05) is 44.6 Å². The van der Waals surface area contributed by atoms with Gasteiger partial charge in [-0.2, -0.15) is 4.31 Å². The number of sulfonamides is 1. The molecule has 2 fully saturated rings. The number of likely N-dealkylation sites (tertiary alicyclic amines) is 1. The zero-order valence-corrected chi connectivity index (χ0v) is 18.0. The zero-order chi connectivity index (χ0) is 19.5. The van der Waals surface area contributed by atoms with Gasteiger partial charge in [0.1, 0.15) is 0 Å². The number of carbonyl (C=O) groups is 1. The van der Waals surface area contributed by atoms with Gasteiger partial charge in [0.15, 0.2) is 0 Å². The lowest BCUT2D eigenvalue weighted by Crippen LogP contribution is -2.36. The van der Waals surface area contributed by atoms with Crippen LogP contribution in [0.3, 0.4) is 0 Å². The maximum atomic E-state index is 12.7. The van der Waals surface area contributed by atoms with Gasteiger partial charge in [-0.1, -0.05) is 13.3 Å². The van der Waals surface area contributed by atoms with Gasteiger partial charge >= 0.3 is 0 Å². The van der Waals surface area contributed by atoms with E-state index in [1.165, 1.54) is 0 Å². The predicted octanol–water partition coefficient (Wildman–Crippen LogP) is 1.89. The number of anilines is 1. The monoisotopic (exact) mass is 430 g/mol. The van der Waals surface area contributed by atoms with Crippen molar-refractivity contribution in [1.82, 2.24) is 9.21 Å². The first kappa shape index (κ1) is 23.1. The number of benzene rings is 1. The maximum absolute atomic E-state index is 12.7. The number of nitrogens with one attached hydrogen (secondary N) is 1. The zero-order valence-electron chi connectivity index (χ0n) is 16.4. The molecule has 28 heavy (non-hydrogen) atoms. The number of hydrogen-bond donors (Lipinski definition) is 2. The minimum absolute atomic E-state index is 0. The number of carbonyl (C=O) groups excluding carboxylic acids is 1. The highest BCUT2D eigenvalue weighted by Gasteiger charge is 2.33. The SMILES string of the molecule is CC1(CN)CCN(CC(=O)Nc2ccc(S(=O)(=O)N3CCCCC3)cc2)C1.Cl. The first-order valence-electron chi connectivity index (χ1n) is 9.65. The summed E-state index contributed by atoms with van der Waals surface area (Å²) in [5, 5.41) is 2.85. The molecule has 2 heterocycles. The lowest BCUT2D eigenvalue weighted by atomic mass is 9.90. The minimum Gasteiger partial charge on any atom is -0.330 e. The highest BCUT2D eigenvalue weighted by molar-refractivity contribution is 7.89. The van der Waals surface area contributed by atoms with E-state index in [2.05, 4.69) is 17.1 Å². The molecule has 1 unspecified atom stereocenters. The Morgan fingerprint density at radius 1 is 1.14 bits per heavy atom. The van der Waals surface area contributed by atoms with Gasteiger partial charge in [0, 0.05) is 25.3 Å². The van der Waals surface area contributed by atoms with Crippen molar-refractivity contribution in [2.24, 2.45) is 11.1 Å². The van der Waals surface area contributed by atoms with E-state index < -0.39 is 10.0 Å². The van der Waals surface area contributed by atoms with Crippen LogP contribution in [0.5, 0.6) is 0 Å². The van der Waals surface area contributed by atoms with Crippen LogP contribution in [0.25, 0.3) is 0 Å². The Kier molecular flexibility index (Phi) is 7.87. The fraction of sp³-hybridized carbons (Fsp3) is 0.632. The van der Waals surface area contributed by atoms with Crippen LogP contribution in [0, 0.1) is 5.41 Å². The highest BCUT2D eigenvalue weighted by atomic mass is 35.5. The van der Waals surface area contributed by atoms with Crippen molar-refractivity contribution >= 4 is 34.0 Å². The molecule has 158 valence electrons. The Balaban J connectivity index is 0.00000280. The Hall–Kier alpha value is -1.19. The third kappa shape index (κ3) is 5.45. The van der Waals surface area contributed by atoms with Gasteiger partial charge in [-0.25, -0.2) is 8.42 Å². The number of halogens is 1. The first-order valence-corrected chi connectivity index (χ1v) is 11.1. The van der Waals surface area contributed by atoms with Crippen LogP contribution in [-0.4, -0.2) is 62.8 Å². The van der Waals surface area contributed by atoms with E-state index >= 15 is 0 Å². The van der Waals surface area contributed by atoms with E-state index in [4.69, 9.17) is 5.73 Å². The van der Waals surface area contributed by atoms with Gasteiger partial charge in [0.05, 0.1) is 11.4 Å². The van der Waals surface area contributed by atoms with Crippen LogP contribution >= 0.6 is 12.4 Å². The van der Waals surface area contributed by atoms with E-state index in [1.54, 1.807) is 28.6 Å². The summed E-state index contributed by atoms with van der Waals surface area (Å²) < 4.78 is 26.9. The van der Waals surface area contributed by atoms with Gasteiger partial charge in [-0.15, -0.1) is 12.4 Å². The van der Waals surface area contributed by atoms with Gasteiger partial charge < -0.3 is 11.1 Å². The molecule has 3 rings (SSSR count). The van der Waals surface area contributed by atoms with Crippen molar-refractivity contribution in [3.05, 3.63) is 24.3 Å². The molecule has 9 heteroatoms. The molecule has 1 amide bonds. The Bertz CT molecular complexity index is 766. The molecular weight excluding hydrogens is 400 g/mol. The van der Waals surface area contributed by atoms with Crippen molar-refractivity contribution in [2.45, 2.75) is 37.5 Å². The van der Waals surface area contributed by atoms with E-state index in [1.807, 2.05) is 0 Å². The molecule has 7 nitrogen and oxygen atoms in total. The molecule has 0 aromatic heterocycles. The number of hydrogen-bond acceptors (Lipinski definition) is 5. The van der Waals surface area contributed by atoms with E-state index in [0.717, 1.165) is 38.8 Å². The van der Waals surface area contributed by atoms with Crippen molar-refractivity contribution in [3.63, 3.8) is 0 Å². The van der Waals surface area contributed by atoms with Crippen LogP contribution in [0.4, 0.5) is 5.69 Å². The summed E-state index contributed by atoms with van der Waals surface area (Å²) in [5.74, 6) is -0.0945. The fourth-order valence-corrected chi connectivity index (χ4v) is 5.31. The third-order valence-electron chi connectivity index (χ3n) is 5.59. The molecule has 0 saturated carbocycles. The molecule has 0 bridgehead atoms. The largest absolute Gasteiger partial charge is 0.330 e. The molecule has 1 aromatic carbocycles. The fourth-order valence-electron chi connectivity index (χ4n) is 3.80. The minimum atomic E-state index is -3.44. The lowest BCUT2D eigenvalue weighted by molar-refractivity contribution is -0.117. The third-order valence-corrected chi connectivity index (χ3v) is 7.50. The molecule has 2 aliphatic heterocycles. The van der Waals surface area contributed by atoms with E-state index in [-0.39, 0.29) is 28.6 Å². The summed E-state index contributed by atoms with van der Waals surface area (Å²) in [7, 11) is -3.44. The second-order valence-corrected chi connectivity index (χ2v) is 9.95. The number of rotatable bonds is 6. The molecular formula is C19H31ClN4O3S. The topological polar surface area (TPSA) is 95.7 Å². The standard InChI is InChI=1S/C19H30N4O3S.ClH/c1-19(14-20)9-12-22(15-19)13-18(24)21-16-5-7-17(8-6-16)27(25,26)23-10-3-2-4-11-23;/h5-8H,2-4,9-15,20H2,1H3,(H,21,24);1H. The maximum Gasteiger partial charge on any atom is 0.243 e. The first-order chi connectivity index (χ1) is 12.8. The van der Waals surface area contributed by atoms with Crippen LogP contribution < -0.4 is 11.1 Å². The van der Waals surface area contributed by atoms with E-state index in [0.29, 0.717) is 31.9 Å².